The van der Waals surface area contributed by atoms with Crippen LogP contribution in [0.1, 0.15) is 12.5 Å². The quantitative estimate of drug-likeness (QED) is 0.393. The molecule has 2 nitrogen and oxygen atoms in total. The van der Waals surface area contributed by atoms with Gasteiger partial charge in [-0.1, -0.05) is 43.8 Å². The number of benzene rings is 2. The number of rotatable bonds is 3. The van der Waals surface area contributed by atoms with E-state index < -0.39 is 5.97 Å². The van der Waals surface area contributed by atoms with Gasteiger partial charge < -0.3 is 4.74 Å². The number of carbonyl (C=O) groups excluding carboxylic acids is 1. The van der Waals surface area contributed by atoms with Crippen molar-refractivity contribution < 1.29 is 9.53 Å². The molecule has 0 amide bonds. The maximum atomic E-state index is 11.5. The average molecular weight is 258 g/mol. The van der Waals surface area contributed by atoms with Crippen LogP contribution in [0.2, 0.25) is 0 Å². The number of thiol groups is 1. The van der Waals surface area contributed by atoms with Crippen molar-refractivity contribution in [3.05, 3.63) is 53.4 Å². The Labute approximate surface area is 112 Å². The molecular formula is C15H14O2S. The number of aryl methyl sites for hydroxylation is 1. The molecule has 3 heteroatoms. The Kier molecular flexibility index (Phi) is 3.72. The van der Waals surface area contributed by atoms with E-state index in [4.69, 9.17) is 4.74 Å². The Morgan fingerprint density at radius 3 is 2.67 bits per heavy atom. The van der Waals surface area contributed by atoms with E-state index in [9.17, 15) is 4.79 Å². The monoisotopic (exact) mass is 258 g/mol. The van der Waals surface area contributed by atoms with Crippen LogP contribution in [0.15, 0.2) is 47.9 Å². The van der Waals surface area contributed by atoms with Crippen molar-refractivity contribution in [1.29, 1.82) is 0 Å². The number of hydrogen-bond donors (Lipinski definition) is 1. The number of esters is 1. The molecule has 0 atom stereocenters. The molecule has 2 rings (SSSR count). The summed E-state index contributed by atoms with van der Waals surface area (Å²) in [7, 11) is 0. The molecule has 18 heavy (non-hydrogen) atoms. The number of carbonyl (C=O) groups is 1. The fraction of sp³-hybridized carbons (Fsp3) is 0.133. The first-order valence-electron chi connectivity index (χ1n) is 5.74. The Morgan fingerprint density at radius 1 is 1.28 bits per heavy atom. The minimum absolute atomic E-state index is 0.102. The Balaban J connectivity index is 2.51. The molecule has 0 fully saturated rings. The summed E-state index contributed by atoms with van der Waals surface area (Å²) >= 11 is 3.89. The zero-order chi connectivity index (χ0) is 13.1. The third-order valence-corrected chi connectivity index (χ3v) is 2.97. The molecular weight excluding hydrogens is 244 g/mol. The van der Waals surface area contributed by atoms with Gasteiger partial charge in [-0.2, -0.15) is 0 Å². The molecule has 0 aliphatic carbocycles. The first kappa shape index (κ1) is 12.7. The zero-order valence-electron chi connectivity index (χ0n) is 10.1. The van der Waals surface area contributed by atoms with E-state index in [1.807, 2.05) is 43.3 Å². The fourth-order valence-electron chi connectivity index (χ4n) is 1.94. The highest BCUT2D eigenvalue weighted by atomic mass is 32.1. The molecule has 0 saturated heterocycles. The summed E-state index contributed by atoms with van der Waals surface area (Å²) in [5, 5.41) is 2.24. The number of ether oxygens (including phenoxy) is 1. The van der Waals surface area contributed by atoms with Gasteiger partial charge in [0.15, 0.2) is 0 Å². The van der Waals surface area contributed by atoms with Crippen LogP contribution in [-0.4, -0.2) is 5.97 Å². The SMILES string of the molecule is C=C(S)C(=O)Oc1ccc2ccccc2c1CC. The molecule has 92 valence electrons. The first-order valence-corrected chi connectivity index (χ1v) is 6.19. The van der Waals surface area contributed by atoms with Crippen LogP contribution in [0.3, 0.4) is 0 Å². The minimum Gasteiger partial charge on any atom is -0.422 e. The van der Waals surface area contributed by atoms with Crippen molar-refractivity contribution in [3.8, 4) is 5.75 Å². The lowest BCUT2D eigenvalue weighted by Gasteiger charge is -2.11. The molecule has 0 aliphatic heterocycles. The molecule has 0 N–H and O–H groups in total. The van der Waals surface area contributed by atoms with Gasteiger partial charge in [0.05, 0.1) is 4.91 Å². The van der Waals surface area contributed by atoms with Gasteiger partial charge in [0, 0.05) is 5.56 Å². The van der Waals surface area contributed by atoms with Crippen LogP contribution >= 0.6 is 12.6 Å². The van der Waals surface area contributed by atoms with Gasteiger partial charge in [0.25, 0.3) is 0 Å². The fourth-order valence-corrected chi connectivity index (χ4v) is 1.98. The third-order valence-electron chi connectivity index (χ3n) is 2.79. The lowest BCUT2D eigenvalue weighted by molar-refractivity contribution is -0.129. The first-order chi connectivity index (χ1) is 8.63. The molecule has 0 spiro atoms. The van der Waals surface area contributed by atoms with Crippen LogP contribution in [-0.2, 0) is 11.2 Å². The second kappa shape index (κ2) is 5.27. The summed E-state index contributed by atoms with van der Waals surface area (Å²) in [6, 6.07) is 11.8. The maximum absolute atomic E-state index is 11.5. The third kappa shape index (κ3) is 2.41. The Morgan fingerprint density at radius 2 is 2.00 bits per heavy atom. The molecule has 0 saturated carbocycles. The predicted molar refractivity (Wildman–Crippen MR) is 77.1 cm³/mol. The number of fused-ring (bicyclic) bond motifs is 1. The van der Waals surface area contributed by atoms with Gasteiger partial charge in [-0.3, -0.25) is 0 Å². The van der Waals surface area contributed by atoms with E-state index in [0.717, 1.165) is 22.8 Å². The highest BCUT2D eigenvalue weighted by Crippen LogP contribution is 2.29. The standard InChI is InChI=1S/C15H14O2S/c1-3-12-13-7-5-4-6-11(13)8-9-14(12)17-15(16)10(2)18/h4-9,18H,2-3H2,1H3. The Bertz CT molecular complexity index is 617. The van der Waals surface area contributed by atoms with Gasteiger partial charge in [-0.05, 0) is 23.3 Å². The highest BCUT2D eigenvalue weighted by Gasteiger charge is 2.11. The van der Waals surface area contributed by atoms with Crippen LogP contribution in [0.4, 0.5) is 0 Å². The summed E-state index contributed by atoms with van der Waals surface area (Å²) in [6.07, 6.45) is 0.795. The van der Waals surface area contributed by atoms with E-state index in [1.54, 1.807) is 0 Å². The normalized spacial score (nSPS) is 10.3. The van der Waals surface area contributed by atoms with E-state index in [1.165, 1.54) is 0 Å². The van der Waals surface area contributed by atoms with E-state index in [-0.39, 0.29) is 4.91 Å². The summed E-state index contributed by atoms with van der Waals surface area (Å²) in [5.74, 6) is 0.0692. The molecule has 0 radical (unpaired) electrons. The summed E-state index contributed by atoms with van der Waals surface area (Å²) in [6.45, 7) is 5.50. The molecule has 0 aromatic heterocycles. The van der Waals surface area contributed by atoms with Crippen molar-refractivity contribution in [2.45, 2.75) is 13.3 Å². The predicted octanol–water partition coefficient (Wildman–Crippen LogP) is 3.75. The van der Waals surface area contributed by atoms with Crippen LogP contribution in [0.5, 0.6) is 5.75 Å². The van der Waals surface area contributed by atoms with Crippen molar-refractivity contribution in [2.75, 3.05) is 0 Å². The van der Waals surface area contributed by atoms with Gasteiger partial charge in [0.1, 0.15) is 5.75 Å². The average Bonchev–Trinajstić information content (AvgIpc) is 2.38. The van der Waals surface area contributed by atoms with Gasteiger partial charge in [-0.25, -0.2) is 4.79 Å². The number of hydrogen-bond acceptors (Lipinski definition) is 3. The minimum atomic E-state index is -0.511. The van der Waals surface area contributed by atoms with E-state index in [0.29, 0.717) is 5.75 Å². The lowest BCUT2D eigenvalue weighted by atomic mass is 10.0. The van der Waals surface area contributed by atoms with Gasteiger partial charge in [0.2, 0.25) is 0 Å². The van der Waals surface area contributed by atoms with Crippen molar-refractivity contribution in [1.82, 2.24) is 0 Å². The van der Waals surface area contributed by atoms with Crippen molar-refractivity contribution in [2.24, 2.45) is 0 Å². The van der Waals surface area contributed by atoms with E-state index in [2.05, 4.69) is 19.2 Å². The molecule has 2 aromatic rings. The smallest absolute Gasteiger partial charge is 0.349 e. The second-order valence-electron chi connectivity index (χ2n) is 3.95. The highest BCUT2D eigenvalue weighted by molar-refractivity contribution is 7.85. The zero-order valence-corrected chi connectivity index (χ0v) is 11.0. The van der Waals surface area contributed by atoms with Crippen LogP contribution < -0.4 is 4.74 Å². The molecule has 0 heterocycles. The molecule has 0 unspecified atom stereocenters. The summed E-state index contributed by atoms with van der Waals surface area (Å²) in [5.41, 5.74) is 1.02. The molecule has 0 aliphatic rings. The second-order valence-corrected chi connectivity index (χ2v) is 4.49. The summed E-state index contributed by atoms with van der Waals surface area (Å²) in [4.78, 5) is 11.6. The lowest BCUT2D eigenvalue weighted by Crippen LogP contribution is -2.08. The van der Waals surface area contributed by atoms with Gasteiger partial charge in [-0.15, -0.1) is 12.6 Å². The van der Waals surface area contributed by atoms with Crippen LogP contribution in [0.25, 0.3) is 10.8 Å². The van der Waals surface area contributed by atoms with Crippen LogP contribution in [0, 0.1) is 0 Å². The Hall–Kier alpha value is -1.74. The topological polar surface area (TPSA) is 26.3 Å². The molecule has 0 bridgehead atoms. The van der Waals surface area contributed by atoms with Crippen molar-refractivity contribution in [3.63, 3.8) is 0 Å². The molecule has 2 aromatic carbocycles. The summed E-state index contributed by atoms with van der Waals surface area (Å²) < 4.78 is 5.29. The van der Waals surface area contributed by atoms with E-state index >= 15 is 0 Å². The maximum Gasteiger partial charge on any atom is 0.349 e. The van der Waals surface area contributed by atoms with Crippen molar-refractivity contribution >= 4 is 29.4 Å². The van der Waals surface area contributed by atoms with Gasteiger partial charge >= 0.3 is 5.97 Å². The largest absolute Gasteiger partial charge is 0.422 e.